The number of carbonyl (C=O) groups is 1. The van der Waals surface area contributed by atoms with Gasteiger partial charge in [-0.1, -0.05) is 18.2 Å². The quantitative estimate of drug-likeness (QED) is 0.769. The summed E-state index contributed by atoms with van der Waals surface area (Å²) in [5, 5.41) is 5.40. The molecular weight excluding hydrogens is 326 g/mol. The summed E-state index contributed by atoms with van der Waals surface area (Å²) in [6, 6.07) is 8.00. The fraction of sp³-hybridized carbons (Fsp3) is 0.350. The Labute approximate surface area is 152 Å². The molecular formula is C20H23N5O. The number of nitrogens with one attached hydrogen (secondary N) is 1. The minimum Gasteiger partial charge on any atom is -0.336 e. The third-order valence-electron chi connectivity index (χ3n) is 5.03. The number of fused-ring (bicyclic) bond motifs is 1. The predicted octanol–water partition coefficient (Wildman–Crippen LogP) is 3.26. The van der Waals surface area contributed by atoms with E-state index in [2.05, 4.69) is 21.4 Å². The van der Waals surface area contributed by atoms with Gasteiger partial charge in [-0.2, -0.15) is 0 Å². The van der Waals surface area contributed by atoms with E-state index in [0.29, 0.717) is 12.5 Å². The number of imidazole rings is 1. The average Bonchev–Trinajstić information content (AvgIpc) is 3.41. The molecule has 0 aliphatic heterocycles. The maximum Gasteiger partial charge on any atom is 0.318 e. The number of pyridine rings is 1. The lowest BCUT2D eigenvalue weighted by Gasteiger charge is -2.24. The molecule has 1 N–H and O–H groups in total. The zero-order valence-corrected chi connectivity index (χ0v) is 15.1. The number of nitrogens with zero attached hydrogens (tertiary/aromatic N) is 4. The molecule has 1 fully saturated rings. The molecule has 0 unspecified atom stereocenters. The van der Waals surface area contributed by atoms with Gasteiger partial charge in [0.15, 0.2) is 0 Å². The van der Waals surface area contributed by atoms with Crippen LogP contribution in [0.1, 0.15) is 30.3 Å². The second-order valence-corrected chi connectivity index (χ2v) is 7.03. The van der Waals surface area contributed by atoms with Gasteiger partial charge in [0, 0.05) is 50.8 Å². The first-order valence-corrected chi connectivity index (χ1v) is 8.94. The van der Waals surface area contributed by atoms with Crippen molar-refractivity contribution in [1.82, 2.24) is 24.8 Å². The van der Waals surface area contributed by atoms with Gasteiger partial charge in [0.25, 0.3) is 0 Å². The molecule has 0 bridgehead atoms. The maximum absolute atomic E-state index is 12.8. The summed E-state index contributed by atoms with van der Waals surface area (Å²) in [6.45, 7) is 0.547. The van der Waals surface area contributed by atoms with E-state index in [1.165, 1.54) is 0 Å². The summed E-state index contributed by atoms with van der Waals surface area (Å²) in [5.41, 5.74) is 1.11. The fourth-order valence-electron chi connectivity index (χ4n) is 3.40. The summed E-state index contributed by atoms with van der Waals surface area (Å²) in [4.78, 5) is 23.1. The van der Waals surface area contributed by atoms with E-state index in [1.807, 2.05) is 49.3 Å². The molecule has 26 heavy (non-hydrogen) atoms. The van der Waals surface area contributed by atoms with Crippen LogP contribution in [0.2, 0.25) is 0 Å². The molecule has 0 spiro atoms. The molecule has 2 amide bonds. The highest BCUT2D eigenvalue weighted by Gasteiger charge is 2.36. The monoisotopic (exact) mass is 349 g/mol. The van der Waals surface area contributed by atoms with Crippen molar-refractivity contribution in [3.63, 3.8) is 0 Å². The summed E-state index contributed by atoms with van der Waals surface area (Å²) in [7, 11) is 3.80. The first-order chi connectivity index (χ1) is 12.6. The smallest absolute Gasteiger partial charge is 0.318 e. The van der Waals surface area contributed by atoms with E-state index in [1.54, 1.807) is 17.3 Å². The number of hydrogen-bond acceptors (Lipinski definition) is 3. The van der Waals surface area contributed by atoms with Crippen molar-refractivity contribution in [3.8, 4) is 0 Å². The summed E-state index contributed by atoms with van der Waals surface area (Å²) in [6.07, 6.45) is 9.62. The van der Waals surface area contributed by atoms with Crippen LogP contribution in [0.3, 0.4) is 0 Å². The van der Waals surface area contributed by atoms with Gasteiger partial charge in [-0.25, -0.2) is 9.78 Å². The molecule has 1 aliphatic rings. The van der Waals surface area contributed by atoms with Gasteiger partial charge in [-0.05, 0) is 35.8 Å². The normalized spacial score (nSPS) is 15.0. The minimum absolute atomic E-state index is 0.0262. The SMILES string of the molecule is CN(Cc1cccc2cnccc12)C(=O)N[C@H](c1nccn1C)C1CC1. The number of aromatic nitrogens is 3. The van der Waals surface area contributed by atoms with Crippen LogP contribution in [0.5, 0.6) is 0 Å². The molecule has 6 heteroatoms. The van der Waals surface area contributed by atoms with Crippen molar-refractivity contribution < 1.29 is 4.79 Å². The highest BCUT2D eigenvalue weighted by Crippen LogP contribution is 2.40. The average molecular weight is 349 g/mol. The van der Waals surface area contributed by atoms with E-state index in [4.69, 9.17) is 0 Å². The second-order valence-electron chi connectivity index (χ2n) is 7.03. The summed E-state index contributed by atoms with van der Waals surface area (Å²) in [5.74, 6) is 1.41. The second kappa shape index (κ2) is 6.78. The van der Waals surface area contributed by atoms with Crippen molar-refractivity contribution >= 4 is 16.8 Å². The Morgan fingerprint density at radius 2 is 2.19 bits per heavy atom. The molecule has 1 aromatic carbocycles. The Balaban J connectivity index is 1.50. The fourth-order valence-corrected chi connectivity index (χ4v) is 3.40. The van der Waals surface area contributed by atoms with Gasteiger partial charge in [-0.3, -0.25) is 4.98 Å². The molecule has 4 rings (SSSR count). The number of urea groups is 1. The molecule has 1 saturated carbocycles. The Morgan fingerprint density at radius 3 is 2.92 bits per heavy atom. The number of rotatable bonds is 5. The van der Waals surface area contributed by atoms with Crippen molar-refractivity contribution in [3.05, 3.63) is 60.4 Å². The zero-order chi connectivity index (χ0) is 18.1. The molecule has 3 aromatic rings. The molecule has 2 heterocycles. The van der Waals surface area contributed by atoms with Crippen LogP contribution in [0.25, 0.3) is 10.8 Å². The van der Waals surface area contributed by atoms with Gasteiger partial charge in [0.2, 0.25) is 0 Å². The van der Waals surface area contributed by atoms with Crippen LogP contribution >= 0.6 is 0 Å². The standard InChI is InChI=1S/C20H23N5O/c1-24-11-10-22-19(24)18(14-6-7-14)23-20(26)25(2)13-16-5-3-4-15-12-21-9-8-17(15)16/h3-5,8-12,14,18H,6-7,13H2,1-2H3,(H,23,26)/t18-/m0/s1. The molecule has 6 nitrogen and oxygen atoms in total. The molecule has 1 aliphatic carbocycles. The van der Waals surface area contributed by atoms with Crippen molar-refractivity contribution in [1.29, 1.82) is 0 Å². The van der Waals surface area contributed by atoms with E-state index in [0.717, 1.165) is 35.0 Å². The van der Waals surface area contributed by atoms with Crippen LogP contribution in [-0.4, -0.2) is 32.5 Å². The first kappa shape index (κ1) is 16.6. The molecule has 0 radical (unpaired) electrons. The van der Waals surface area contributed by atoms with E-state index in [9.17, 15) is 4.79 Å². The van der Waals surface area contributed by atoms with Crippen LogP contribution in [0.15, 0.2) is 49.1 Å². The van der Waals surface area contributed by atoms with Gasteiger partial charge in [0.1, 0.15) is 5.82 Å². The van der Waals surface area contributed by atoms with Crippen molar-refractivity contribution in [2.24, 2.45) is 13.0 Å². The minimum atomic E-state index is -0.0732. The number of amides is 2. The Bertz CT molecular complexity index is 925. The van der Waals surface area contributed by atoms with E-state index < -0.39 is 0 Å². The highest BCUT2D eigenvalue weighted by molar-refractivity contribution is 5.85. The van der Waals surface area contributed by atoms with Gasteiger partial charge < -0.3 is 14.8 Å². The third kappa shape index (κ3) is 3.27. The lowest BCUT2D eigenvalue weighted by atomic mass is 10.1. The maximum atomic E-state index is 12.8. The first-order valence-electron chi connectivity index (χ1n) is 8.94. The zero-order valence-electron chi connectivity index (χ0n) is 15.1. The third-order valence-corrected chi connectivity index (χ3v) is 5.03. The van der Waals surface area contributed by atoms with Crippen LogP contribution in [0.4, 0.5) is 4.79 Å². The van der Waals surface area contributed by atoms with Crippen LogP contribution < -0.4 is 5.32 Å². The Hall–Kier alpha value is -2.89. The number of hydrogen-bond donors (Lipinski definition) is 1. The van der Waals surface area contributed by atoms with E-state index in [-0.39, 0.29) is 12.1 Å². The van der Waals surface area contributed by atoms with Gasteiger partial charge in [0.05, 0.1) is 6.04 Å². The van der Waals surface area contributed by atoms with Crippen LogP contribution in [0, 0.1) is 5.92 Å². The van der Waals surface area contributed by atoms with E-state index >= 15 is 0 Å². The predicted molar refractivity (Wildman–Crippen MR) is 100 cm³/mol. The number of benzene rings is 1. The largest absolute Gasteiger partial charge is 0.336 e. The number of aryl methyl sites for hydroxylation is 1. The Morgan fingerprint density at radius 1 is 1.35 bits per heavy atom. The van der Waals surface area contributed by atoms with Gasteiger partial charge >= 0.3 is 6.03 Å². The lowest BCUT2D eigenvalue weighted by molar-refractivity contribution is 0.200. The van der Waals surface area contributed by atoms with Crippen LogP contribution in [-0.2, 0) is 13.6 Å². The topological polar surface area (TPSA) is 63.1 Å². The summed E-state index contributed by atoms with van der Waals surface area (Å²) < 4.78 is 1.99. The summed E-state index contributed by atoms with van der Waals surface area (Å²) >= 11 is 0. The molecule has 134 valence electrons. The van der Waals surface area contributed by atoms with Gasteiger partial charge in [-0.15, -0.1) is 0 Å². The Kier molecular flexibility index (Phi) is 4.32. The molecule has 0 saturated heterocycles. The highest BCUT2D eigenvalue weighted by atomic mass is 16.2. The van der Waals surface area contributed by atoms with Crippen molar-refractivity contribution in [2.75, 3.05) is 7.05 Å². The van der Waals surface area contributed by atoms with Crippen molar-refractivity contribution in [2.45, 2.75) is 25.4 Å². The molecule has 2 aromatic heterocycles. The molecule has 1 atom stereocenters. The number of carbonyl (C=O) groups excluding carboxylic acids is 1. The lowest BCUT2D eigenvalue weighted by Crippen LogP contribution is -2.40.